The van der Waals surface area contributed by atoms with Crippen LogP contribution in [0.5, 0.6) is 5.75 Å². The quantitative estimate of drug-likeness (QED) is 0.510. The maximum absolute atomic E-state index is 11.9. The predicted octanol–water partition coefficient (Wildman–Crippen LogP) is 4.54. The second-order valence-corrected chi connectivity index (χ2v) is 8.49. The molecule has 7 heteroatoms. The number of nitrogens with one attached hydrogen (secondary N) is 1. The predicted molar refractivity (Wildman–Crippen MR) is 119 cm³/mol. The van der Waals surface area contributed by atoms with Gasteiger partial charge in [-0.3, -0.25) is 4.79 Å². The van der Waals surface area contributed by atoms with Gasteiger partial charge in [0.25, 0.3) is 0 Å². The summed E-state index contributed by atoms with van der Waals surface area (Å²) in [4.78, 5) is 15.3. The van der Waals surface area contributed by atoms with Crippen LogP contribution in [0.4, 0.5) is 5.69 Å². The van der Waals surface area contributed by atoms with Crippen molar-refractivity contribution < 1.29 is 14.3 Å². The van der Waals surface area contributed by atoms with E-state index in [-0.39, 0.29) is 17.3 Å². The van der Waals surface area contributed by atoms with Gasteiger partial charge in [0.2, 0.25) is 0 Å². The number of ether oxygens (including phenoxy) is 2. The monoisotopic (exact) mass is 434 g/mol. The van der Waals surface area contributed by atoms with Crippen LogP contribution in [-0.4, -0.2) is 45.4 Å². The molecule has 0 bridgehead atoms. The minimum absolute atomic E-state index is 0.0499. The van der Waals surface area contributed by atoms with Gasteiger partial charge in [-0.2, -0.15) is 0 Å². The van der Waals surface area contributed by atoms with Crippen molar-refractivity contribution in [1.29, 1.82) is 0 Å². The van der Waals surface area contributed by atoms with Gasteiger partial charge >= 0.3 is 5.97 Å². The van der Waals surface area contributed by atoms with Crippen molar-refractivity contribution in [2.24, 2.45) is 0 Å². The summed E-state index contributed by atoms with van der Waals surface area (Å²) in [5.74, 6) is 0.525. The number of anilines is 1. The molecule has 156 valence electrons. The van der Waals surface area contributed by atoms with Crippen molar-refractivity contribution in [2.45, 2.75) is 30.1 Å². The lowest BCUT2D eigenvalue weighted by molar-refractivity contribution is -0.145. The molecule has 0 saturated carbocycles. The molecule has 2 atom stereocenters. The smallest absolute Gasteiger partial charge is 0.303 e. The highest BCUT2D eigenvalue weighted by Gasteiger charge is 2.34. The third-order valence-electron chi connectivity index (χ3n) is 4.82. The second-order valence-electron chi connectivity index (χ2n) is 6.87. The number of halogens is 1. The summed E-state index contributed by atoms with van der Waals surface area (Å²) in [6.45, 7) is 6.75. The van der Waals surface area contributed by atoms with Crippen LogP contribution in [0.1, 0.15) is 24.7 Å². The normalized spacial score (nSPS) is 18.7. The van der Waals surface area contributed by atoms with E-state index in [2.05, 4.69) is 23.2 Å². The number of hydrogen-bond acceptors (Lipinski definition) is 6. The number of fused-ring (bicyclic) bond motifs is 1. The Morgan fingerprint density at radius 3 is 2.69 bits per heavy atom. The van der Waals surface area contributed by atoms with Gasteiger partial charge in [-0.05, 0) is 42.4 Å². The first-order chi connectivity index (χ1) is 14.0. The molecule has 0 aromatic heterocycles. The number of esters is 1. The van der Waals surface area contributed by atoms with E-state index < -0.39 is 0 Å². The van der Waals surface area contributed by atoms with E-state index >= 15 is 0 Å². The van der Waals surface area contributed by atoms with Crippen LogP contribution < -0.4 is 15.0 Å². The van der Waals surface area contributed by atoms with Gasteiger partial charge in [-0.15, -0.1) is 11.8 Å². The lowest BCUT2D eigenvalue weighted by Gasteiger charge is -2.29. The summed E-state index contributed by atoms with van der Waals surface area (Å²) < 4.78 is 11.1. The Balaban J connectivity index is 1.99. The molecule has 0 fully saturated rings. The van der Waals surface area contributed by atoms with E-state index in [9.17, 15) is 4.79 Å². The van der Waals surface area contributed by atoms with Crippen LogP contribution in [0.25, 0.3) is 0 Å². The van der Waals surface area contributed by atoms with Gasteiger partial charge in [0.05, 0.1) is 24.6 Å². The fourth-order valence-corrected chi connectivity index (χ4v) is 5.07. The van der Waals surface area contributed by atoms with E-state index in [0.717, 1.165) is 41.5 Å². The Morgan fingerprint density at radius 2 is 2.03 bits per heavy atom. The molecular formula is C22H27ClN2O3S. The number of likely N-dealkylation sites (N-methyl/N-ethyl adjacent to an activating group) is 1. The molecule has 0 amide bonds. The number of benzene rings is 2. The number of rotatable bonds is 7. The van der Waals surface area contributed by atoms with E-state index in [4.69, 9.17) is 21.1 Å². The van der Waals surface area contributed by atoms with Gasteiger partial charge in [0, 0.05) is 29.9 Å². The number of carbonyl (C=O) groups excluding carboxylic acids is 1. The van der Waals surface area contributed by atoms with Crippen LogP contribution in [0.2, 0.25) is 5.02 Å². The van der Waals surface area contributed by atoms with E-state index in [1.54, 1.807) is 18.9 Å². The third kappa shape index (κ3) is 5.59. The Morgan fingerprint density at radius 1 is 1.28 bits per heavy atom. The van der Waals surface area contributed by atoms with Crippen LogP contribution >= 0.6 is 23.4 Å². The van der Waals surface area contributed by atoms with Crippen molar-refractivity contribution in [3.63, 3.8) is 0 Å². The molecule has 29 heavy (non-hydrogen) atoms. The topological polar surface area (TPSA) is 50.8 Å². The molecule has 1 heterocycles. The highest BCUT2D eigenvalue weighted by molar-refractivity contribution is 7.99. The lowest BCUT2D eigenvalue weighted by Crippen LogP contribution is -2.40. The zero-order valence-electron chi connectivity index (χ0n) is 17.0. The second kappa shape index (κ2) is 10.2. The molecule has 3 rings (SSSR count). The molecule has 0 saturated heterocycles. The lowest BCUT2D eigenvalue weighted by atomic mass is 10.1. The zero-order valence-corrected chi connectivity index (χ0v) is 18.6. The Hall–Kier alpha value is -1.89. The van der Waals surface area contributed by atoms with Crippen molar-refractivity contribution in [3.05, 3.63) is 53.1 Å². The Bertz CT molecular complexity index is 831. The molecule has 0 radical (unpaired) electrons. The fourth-order valence-electron chi connectivity index (χ4n) is 3.46. The van der Waals surface area contributed by atoms with Gasteiger partial charge in [-0.25, -0.2) is 0 Å². The summed E-state index contributed by atoms with van der Waals surface area (Å²) in [5.41, 5.74) is 2.20. The molecule has 2 aromatic carbocycles. The number of nitrogens with zero attached hydrogens (tertiary/aromatic N) is 1. The summed E-state index contributed by atoms with van der Waals surface area (Å²) in [6.07, 6.45) is -0.293. The molecule has 2 unspecified atom stereocenters. The molecule has 1 aliphatic heterocycles. The van der Waals surface area contributed by atoms with Crippen LogP contribution in [0.3, 0.4) is 0 Å². The summed E-state index contributed by atoms with van der Waals surface area (Å²) in [6, 6.07) is 13.9. The Labute approximate surface area is 181 Å². The number of methoxy groups -OCH3 is 1. The van der Waals surface area contributed by atoms with Crippen LogP contribution in [-0.2, 0) is 9.53 Å². The fraction of sp³-hybridized carbons (Fsp3) is 0.409. The largest absolute Gasteiger partial charge is 0.497 e. The number of hydrogen-bond donors (Lipinski definition) is 1. The standard InChI is InChI=1S/C22H27ClN2O3S/c1-4-24-11-12-25-14-20(28-15(2)26)22(16-5-8-18(27-3)9-6-16)29-21-13-17(23)7-10-19(21)25/h5-10,13,20,22,24H,4,11-12,14H2,1-3H3. The van der Waals surface area contributed by atoms with Gasteiger partial charge < -0.3 is 19.7 Å². The van der Waals surface area contributed by atoms with Crippen molar-refractivity contribution in [2.75, 3.05) is 38.2 Å². The summed E-state index contributed by atoms with van der Waals surface area (Å²) in [5, 5.41) is 4.02. The highest BCUT2D eigenvalue weighted by atomic mass is 35.5. The Kier molecular flexibility index (Phi) is 7.70. The van der Waals surface area contributed by atoms with Crippen molar-refractivity contribution in [1.82, 2.24) is 5.32 Å². The highest BCUT2D eigenvalue weighted by Crippen LogP contribution is 2.47. The average molecular weight is 435 g/mol. The van der Waals surface area contributed by atoms with Crippen LogP contribution in [0.15, 0.2) is 47.4 Å². The van der Waals surface area contributed by atoms with Gasteiger partial charge in [-0.1, -0.05) is 30.7 Å². The summed E-state index contributed by atoms with van der Waals surface area (Å²) >= 11 is 8.00. The molecule has 2 aromatic rings. The number of thioether (sulfide) groups is 1. The van der Waals surface area contributed by atoms with Crippen LogP contribution in [0, 0.1) is 0 Å². The summed E-state index contributed by atoms with van der Waals surface area (Å²) in [7, 11) is 1.65. The van der Waals surface area contributed by atoms with E-state index in [1.165, 1.54) is 6.92 Å². The first-order valence-corrected chi connectivity index (χ1v) is 11.0. The molecule has 1 N–H and O–H groups in total. The maximum Gasteiger partial charge on any atom is 0.303 e. The first kappa shape index (κ1) is 21.8. The van der Waals surface area contributed by atoms with E-state index in [0.29, 0.717) is 11.6 Å². The van der Waals surface area contributed by atoms with Crippen molar-refractivity contribution >= 4 is 35.0 Å². The zero-order chi connectivity index (χ0) is 20.8. The van der Waals surface area contributed by atoms with Gasteiger partial charge in [0.1, 0.15) is 11.9 Å². The molecular weight excluding hydrogens is 408 g/mol. The SMILES string of the molecule is CCNCCN1CC(OC(C)=O)C(c2ccc(OC)cc2)Sc2cc(Cl)ccc21. The first-order valence-electron chi connectivity index (χ1n) is 9.75. The third-order valence-corrected chi connectivity index (χ3v) is 6.47. The van der Waals surface area contributed by atoms with Gasteiger partial charge in [0.15, 0.2) is 0 Å². The molecule has 0 spiro atoms. The maximum atomic E-state index is 11.9. The minimum atomic E-state index is -0.293. The molecule has 1 aliphatic rings. The molecule has 5 nitrogen and oxygen atoms in total. The van der Waals surface area contributed by atoms with Crippen molar-refractivity contribution in [3.8, 4) is 5.75 Å². The number of carbonyl (C=O) groups is 1. The average Bonchev–Trinajstić information content (AvgIpc) is 2.84. The van der Waals surface area contributed by atoms with E-state index in [1.807, 2.05) is 36.4 Å². The molecule has 0 aliphatic carbocycles. The minimum Gasteiger partial charge on any atom is -0.497 e.